The Morgan fingerprint density at radius 2 is 0.631 bits per heavy atom. The van der Waals surface area contributed by atoms with E-state index in [0.717, 1.165) is 45.3 Å². The number of thiophene rings is 1. The highest BCUT2D eigenvalue weighted by Gasteiger charge is 2.19. The van der Waals surface area contributed by atoms with Crippen LogP contribution < -0.4 is 9.80 Å². The molecule has 11 aromatic carbocycles. The summed E-state index contributed by atoms with van der Waals surface area (Å²) in [6.45, 7) is 0. The van der Waals surface area contributed by atoms with Crippen molar-refractivity contribution in [3.05, 3.63) is 255 Å². The van der Waals surface area contributed by atoms with E-state index < -0.39 is 0 Å². The van der Waals surface area contributed by atoms with Crippen LogP contribution in [0.5, 0.6) is 0 Å². The SMILES string of the molecule is c1ccc(-c2ccc(-c3ccc(N(c4ccccc4)c4ccc(-c5ccc(N(c6ccc7c(c6)sc6ccccc67)c6cc7ccccc7c7ccccc67)cc5)cc4)cc3)cc2)cc1. The summed E-state index contributed by atoms with van der Waals surface area (Å²) in [7, 11) is 0. The molecule has 65 heavy (non-hydrogen) atoms. The summed E-state index contributed by atoms with van der Waals surface area (Å²) in [6, 6.07) is 92.5. The summed E-state index contributed by atoms with van der Waals surface area (Å²) < 4.78 is 2.59. The third kappa shape index (κ3) is 7.19. The van der Waals surface area contributed by atoms with Gasteiger partial charge in [0.1, 0.15) is 0 Å². The average molecular weight is 847 g/mol. The lowest BCUT2D eigenvalue weighted by Crippen LogP contribution is -2.10. The van der Waals surface area contributed by atoms with Crippen molar-refractivity contribution in [3.8, 4) is 33.4 Å². The Bertz CT molecular complexity index is 3620. The van der Waals surface area contributed by atoms with Crippen molar-refractivity contribution in [3.63, 3.8) is 0 Å². The van der Waals surface area contributed by atoms with Gasteiger partial charge in [-0.05, 0) is 122 Å². The molecular weight excluding hydrogens is 805 g/mol. The second kappa shape index (κ2) is 16.5. The minimum absolute atomic E-state index is 1.10. The maximum absolute atomic E-state index is 2.44. The molecule has 0 spiro atoms. The summed E-state index contributed by atoms with van der Waals surface area (Å²) >= 11 is 1.86. The fourth-order valence-corrected chi connectivity index (χ4v) is 10.6. The Balaban J connectivity index is 0.884. The van der Waals surface area contributed by atoms with Gasteiger partial charge in [0, 0.05) is 54.0 Å². The summed E-state index contributed by atoms with van der Waals surface area (Å²) in [5.41, 5.74) is 13.9. The first kappa shape index (κ1) is 38.4. The summed E-state index contributed by atoms with van der Waals surface area (Å²) in [5, 5.41) is 7.56. The molecule has 0 aliphatic carbocycles. The lowest BCUT2D eigenvalue weighted by Gasteiger charge is -2.28. The monoisotopic (exact) mass is 846 g/mol. The number of hydrogen-bond donors (Lipinski definition) is 0. The topological polar surface area (TPSA) is 6.48 Å². The Morgan fingerprint density at radius 1 is 0.231 bits per heavy atom. The minimum Gasteiger partial charge on any atom is -0.311 e. The molecule has 12 aromatic rings. The smallest absolute Gasteiger partial charge is 0.0546 e. The predicted molar refractivity (Wildman–Crippen MR) is 280 cm³/mol. The highest BCUT2D eigenvalue weighted by molar-refractivity contribution is 7.25. The molecule has 0 saturated heterocycles. The Labute approximate surface area is 383 Å². The number of hydrogen-bond acceptors (Lipinski definition) is 3. The van der Waals surface area contributed by atoms with Crippen molar-refractivity contribution in [2.45, 2.75) is 0 Å². The van der Waals surface area contributed by atoms with Gasteiger partial charge in [0.05, 0.1) is 5.69 Å². The number of fused-ring (bicyclic) bond motifs is 6. The molecule has 0 aliphatic rings. The Hall–Kier alpha value is -8.24. The second-order valence-corrected chi connectivity index (χ2v) is 17.6. The maximum Gasteiger partial charge on any atom is 0.0546 e. The zero-order valence-corrected chi connectivity index (χ0v) is 36.4. The first-order valence-electron chi connectivity index (χ1n) is 22.2. The van der Waals surface area contributed by atoms with E-state index in [1.165, 1.54) is 64.0 Å². The number of benzene rings is 11. The van der Waals surface area contributed by atoms with Gasteiger partial charge in [-0.1, -0.05) is 182 Å². The van der Waals surface area contributed by atoms with Crippen LogP contribution in [0.1, 0.15) is 0 Å². The fraction of sp³-hybridized carbons (Fsp3) is 0. The lowest BCUT2D eigenvalue weighted by molar-refractivity contribution is 1.28. The van der Waals surface area contributed by atoms with Crippen LogP contribution in [-0.4, -0.2) is 0 Å². The van der Waals surface area contributed by atoms with E-state index in [1.807, 2.05) is 11.3 Å². The number of rotatable bonds is 9. The van der Waals surface area contributed by atoms with E-state index in [-0.39, 0.29) is 0 Å². The third-order valence-electron chi connectivity index (χ3n) is 12.7. The van der Waals surface area contributed by atoms with E-state index in [0.29, 0.717) is 0 Å². The average Bonchev–Trinajstić information content (AvgIpc) is 3.76. The van der Waals surface area contributed by atoms with Crippen LogP contribution in [0.2, 0.25) is 0 Å². The van der Waals surface area contributed by atoms with Gasteiger partial charge in [0.15, 0.2) is 0 Å². The van der Waals surface area contributed by atoms with Crippen LogP contribution >= 0.6 is 11.3 Å². The van der Waals surface area contributed by atoms with Crippen molar-refractivity contribution in [2.24, 2.45) is 0 Å². The van der Waals surface area contributed by atoms with Gasteiger partial charge in [0.25, 0.3) is 0 Å². The zero-order chi connectivity index (χ0) is 43.1. The van der Waals surface area contributed by atoms with Gasteiger partial charge in [-0.15, -0.1) is 11.3 Å². The first-order chi connectivity index (χ1) is 32.2. The predicted octanol–water partition coefficient (Wildman–Crippen LogP) is 18.3. The van der Waals surface area contributed by atoms with E-state index >= 15 is 0 Å². The summed E-state index contributed by atoms with van der Waals surface area (Å²) in [6.07, 6.45) is 0. The van der Waals surface area contributed by atoms with Crippen molar-refractivity contribution >= 4 is 87.2 Å². The fourth-order valence-electron chi connectivity index (χ4n) is 9.42. The van der Waals surface area contributed by atoms with Crippen LogP contribution in [-0.2, 0) is 0 Å². The molecule has 0 saturated carbocycles. The molecule has 0 fully saturated rings. The molecule has 3 heteroatoms. The Kier molecular flexibility index (Phi) is 9.74. The van der Waals surface area contributed by atoms with Crippen molar-refractivity contribution in [1.29, 1.82) is 0 Å². The molecule has 0 aliphatic heterocycles. The molecule has 0 atom stereocenters. The molecule has 0 radical (unpaired) electrons. The van der Waals surface area contributed by atoms with Crippen molar-refractivity contribution in [2.75, 3.05) is 9.80 Å². The molecule has 1 heterocycles. The largest absolute Gasteiger partial charge is 0.311 e. The van der Waals surface area contributed by atoms with Gasteiger partial charge in [0.2, 0.25) is 0 Å². The molecule has 2 nitrogen and oxygen atoms in total. The lowest BCUT2D eigenvalue weighted by atomic mass is 9.98. The second-order valence-electron chi connectivity index (χ2n) is 16.5. The molecule has 0 N–H and O–H groups in total. The van der Waals surface area contributed by atoms with Crippen LogP contribution in [0.3, 0.4) is 0 Å². The molecule has 0 bridgehead atoms. The number of para-hydroxylation sites is 1. The van der Waals surface area contributed by atoms with Crippen LogP contribution in [0.4, 0.5) is 34.1 Å². The minimum atomic E-state index is 1.10. The normalized spacial score (nSPS) is 11.4. The molecule has 0 amide bonds. The standard InChI is InChI=1S/C62H42N2S/c1-3-13-43(14-4-1)44-23-25-45(26-24-44)46-27-33-51(34-28-46)63(50-16-5-2-6-17-50)52-35-29-47(30-36-52)48-31-37-53(38-32-48)64(54-39-40-59-58-21-11-12-22-61(58)65-62(59)42-54)60-41-49-15-7-8-18-55(49)56-19-9-10-20-57(56)60/h1-42H. The van der Waals surface area contributed by atoms with Crippen LogP contribution in [0.15, 0.2) is 255 Å². The van der Waals surface area contributed by atoms with Gasteiger partial charge in [-0.2, -0.15) is 0 Å². The first-order valence-corrected chi connectivity index (χ1v) is 23.0. The molecule has 12 rings (SSSR count). The van der Waals surface area contributed by atoms with Crippen molar-refractivity contribution in [1.82, 2.24) is 0 Å². The maximum atomic E-state index is 2.44. The molecule has 306 valence electrons. The van der Waals surface area contributed by atoms with E-state index in [9.17, 15) is 0 Å². The summed E-state index contributed by atoms with van der Waals surface area (Å²) in [4.78, 5) is 4.77. The quantitative estimate of drug-likeness (QED) is 0.134. The Morgan fingerprint density at radius 3 is 1.23 bits per heavy atom. The molecule has 0 unspecified atom stereocenters. The zero-order valence-electron chi connectivity index (χ0n) is 35.6. The van der Waals surface area contributed by atoms with Crippen LogP contribution in [0.25, 0.3) is 75.1 Å². The third-order valence-corrected chi connectivity index (χ3v) is 13.8. The van der Waals surface area contributed by atoms with Crippen LogP contribution in [0, 0.1) is 0 Å². The van der Waals surface area contributed by atoms with E-state index in [1.54, 1.807) is 0 Å². The highest BCUT2D eigenvalue weighted by atomic mass is 32.1. The van der Waals surface area contributed by atoms with Gasteiger partial charge in [-0.3, -0.25) is 0 Å². The molecular formula is C62H42N2S. The number of anilines is 6. The summed E-state index contributed by atoms with van der Waals surface area (Å²) in [5.74, 6) is 0. The van der Waals surface area contributed by atoms with E-state index in [4.69, 9.17) is 0 Å². The van der Waals surface area contributed by atoms with E-state index in [2.05, 4.69) is 265 Å². The van der Waals surface area contributed by atoms with Gasteiger partial charge >= 0.3 is 0 Å². The van der Waals surface area contributed by atoms with Gasteiger partial charge in [-0.25, -0.2) is 0 Å². The van der Waals surface area contributed by atoms with Gasteiger partial charge < -0.3 is 9.80 Å². The number of nitrogens with zero attached hydrogens (tertiary/aromatic N) is 2. The molecule has 1 aromatic heterocycles. The van der Waals surface area contributed by atoms with Crippen molar-refractivity contribution < 1.29 is 0 Å². The highest BCUT2D eigenvalue weighted by Crippen LogP contribution is 2.45.